The highest BCUT2D eigenvalue weighted by Crippen LogP contribution is 2.43. The van der Waals surface area contributed by atoms with E-state index in [4.69, 9.17) is 20.8 Å². The number of halogens is 1. The van der Waals surface area contributed by atoms with Gasteiger partial charge in [0.2, 0.25) is 5.91 Å². The van der Waals surface area contributed by atoms with Crippen LogP contribution in [0.1, 0.15) is 27.9 Å². The fraction of sp³-hybridized carbons (Fsp3) is 0.222. The Hall–Kier alpha value is -4.64. The Kier molecular flexibility index (Phi) is 6.07. The molecule has 198 valence electrons. The second-order valence-corrected chi connectivity index (χ2v) is 9.95. The highest BCUT2D eigenvalue weighted by molar-refractivity contribution is 6.30. The summed E-state index contributed by atoms with van der Waals surface area (Å²) in [6, 6.07) is 14.9. The predicted octanol–water partition coefficient (Wildman–Crippen LogP) is 3.20. The number of nitrogens with one attached hydrogen (secondary N) is 3. The number of hydrogen-bond donors (Lipinski definition) is 3. The van der Waals surface area contributed by atoms with E-state index in [1.165, 1.54) is 12.3 Å². The van der Waals surface area contributed by atoms with Crippen molar-refractivity contribution in [3.8, 4) is 0 Å². The average Bonchev–Trinajstić information content (AvgIpc) is 3.51. The summed E-state index contributed by atoms with van der Waals surface area (Å²) in [5, 5.41) is 5.98. The van der Waals surface area contributed by atoms with Crippen LogP contribution in [0.3, 0.4) is 0 Å². The number of benzene rings is 2. The monoisotopic (exact) mass is 547 g/mol. The van der Waals surface area contributed by atoms with E-state index in [-0.39, 0.29) is 35.7 Å². The minimum atomic E-state index is -1.06. The summed E-state index contributed by atoms with van der Waals surface area (Å²) in [6.07, 6.45) is 1.30. The fourth-order valence-electron chi connectivity index (χ4n) is 5.12. The van der Waals surface area contributed by atoms with Crippen molar-refractivity contribution in [3.63, 3.8) is 0 Å². The maximum Gasteiger partial charge on any atom is 0.418 e. The number of aromatic nitrogens is 2. The van der Waals surface area contributed by atoms with Crippen LogP contribution in [-0.4, -0.2) is 51.9 Å². The second-order valence-electron chi connectivity index (χ2n) is 9.51. The van der Waals surface area contributed by atoms with Gasteiger partial charge in [-0.2, -0.15) is 0 Å². The van der Waals surface area contributed by atoms with Crippen LogP contribution in [0, 0.1) is 0 Å². The lowest BCUT2D eigenvalue weighted by Gasteiger charge is -2.35. The second kappa shape index (κ2) is 9.59. The van der Waals surface area contributed by atoms with Crippen molar-refractivity contribution in [2.75, 3.05) is 18.4 Å². The quantitative estimate of drug-likeness (QED) is 0.347. The van der Waals surface area contributed by atoms with Crippen LogP contribution < -0.4 is 16.4 Å². The Morgan fingerprint density at radius 2 is 1.97 bits per heavy atom. The molecule has 12 heteroatoms. The van der Waals surface area contributed by atoms with Crippen LogP contribution in [0.4, 0.5) is 10.5 Å². The summed E-state index contributed by atoms with van der Waals surface area (Å²) in [5.41, 5.74) is 1.54. The molecule has 0 bridgehead atoms. The van der Waals surface area contributed by atoms with Crippen molar-refractivity contribution in [2.45, 2.75) is 24.5 Å². The lowest BCUT2D eigenvalue weighted by atomic mass is 9.90. The van der Waals surface area contributed by atoms with Gasteiger partial charge in [0.1, 0.15) is 6.04 Å². The van der Waals surface area contributed by atoms with Gasteiger partial charge in [-0.05, 0) is 29.8 Å². The smallest absolute Gasteiger partial charge is 0.418 e. The number of rotatable bonds is 5. The van der Waals surface area contributed by atoms with Gasteiger partial charge < -0.3 is 19.4 Å². The van der Waals surface area contributed by atoms with Crippen LogP contribution in [0.25, 0.3) is 11.2 Å². The van der Waals surface area contributed by atoms with Gasteiger partial charge in [-0.3, -0.25) is 19.9 Å². The van der Waals surface area contributed by atoms with Crippen LogP contribution >= 0.6 is 11.6 Å². The largest absolute Gasteiger partial charge is 0.436 e. The molecule has 2 aromatic heterocycles. The third kappa shape index (κ3) is 4.72. The van der Waals surface area contributed by atoms with E-state index in [9.17, 15) is 19.2 Å². The summed E-state index contributed by atoms with van der Waals surface area (Å²) in [7, 11) is 0. The van der Waals surface area contributed by atoms with Crippen molar-refractivity contribution in [1.82, 2.24) is 20.2 Å². The first-order valence-electron chi connectivity index (χ1n) is 12.2. The van der Waals surface area contributed by atoms with E-state index in [0.29, 0.717) is 29.2 Å². The molecule has 3 N–H and O–H groups in total. The topological polar surface area (TPSA) is 147 Å². The number of pyridine rings is 1. The number of H-pyrrole nitrogens is 1. The van der Waals surface area contributed by atoms with E-state index in [1.54, 1.807) is 23.1 Å². The molecule has 6 rings (SSSR count). The van der Waals surface area contributed by atoms with E-state index >= 15 is 0 Å². The predicted molar refractivity (Wildman–Crippen MR) is 140 cm³/mol. The summed E-state index contributed by atoms with van der Waals surface area (Å²) in [5.74, 6) is -1.57. The molecule has 2 aliphatic rings. The lowest BCUT2D eigenvalue weighted by Crippen LogP contribution is -2.50. The molecule has 1 unspecified atom stereocenters. The lowest BCUT2D eigenvalue weighted by molar-refractivity contribution is -0.133. The van der Waals surface area contributed by atoms with Crippen molar-refractivity contribution < 1.29 is 23.5 Å². The number of fused-ring (bicyclic) bond motifs is 3. The Bertz CT molecular complexity index is 1670. The number of carbonyl (C=O) groups excluding carboxylic acids is 3. The van der Waals surface area contributed by atoms with Gasteiger partial charge in [0.15, 0.2) is 16.8 Å². The number of hydrogen-bond acceptors (Lipinski definition) is 7. The molecular weight excluding hydrogens is 526 g/mol. The highest BCUT2D eigenvalue weighted by Gasteiger charge is 2.49. The van der Waals surface area contributed by atoms with Crippen molar-refractivity contribution in [1.29, 1.82) is 0 Å². The molecule has 1 spiro atoms. The van der Waals surface area contributed by atoms with Crippen LogP contribution in [0.5, 0.6) is 0 Å². The van der Waals surface area contributed by atoms with E-state index in [0.717, 1.165) is 5.56 Å². The van der Waals surface area contributed by atoms with Gasteiger partial charge in [-0.15, -0.1) is 0 Å². The molecule has 2 atom stereocenters. The first-order chi connectivity index (χ1) is 18.8. The first kappa shape index (κ1) is 24.7. The number of ether oxygens (including phenoxy) is 1. The zero-order valence-electron chi connectivity index (χ0n) is 20.4. The highest BCUT2D eigenvalue weighted by atomic mass is 35.5. The van der Waals surface area contributed by atoms with Gasteiger partial charge in [0.25, 0.3) is 5.91 Å². The van der Waals surface area contributed by atoms with Crippen LogP contribution in [0.15, 0.2) is 70.0 Å². The molecule has 2 aromatic carbocycles. The minimum Gasteiger partial charge on any atom is -0.436 e. The summed E-state index contributed by atoms with van der Waals surface area (Å²) < 4.78 is 10.8. The molecule has 2 aliphatic heterocycles. The molecule has 0 aliphatic carbocycles. The number of amides is 3. The standard InChI is InChI=1S/C27H22ClN5O6/c28-17-6-7-19-18(12-17)27(39-26(37)31-19)8-9-33(14-27)24(35)20(10-15-4-2-1-3-5-15)30-23(34)16-11-21-22(29-13-16)32-25(36)38-21/h1-7,11-13,20H,8-10,14H2,(H,30,34)(H,31,37)(H,29,32,36)/t20-,27?/m0/s1. The molecular formula is C27H22ClN5O6. The van der Waals surface area contributed by atoms with Gasteiger partial charge >= 0.3 is 11.8 Å². The molecule has 1 saturated heterocycles. The number of likely N-dealkylation sites (tertiary alicyclic amines) is 1. The molecule has 0 saturated carbocycles. The zero-order chi connectivity index (χ0) is 27.1. The Balaban J connectivity index is 1.27. The number of carbonyl (C=O) groups is 3. The van der Waals surface area contributed by atoms with Crippen molar-refractivity contribution >= 4 is 46.4 Å². The Morgan fingerprint density at radius 3 is 2.79 bits per heavy atom. The number of oxazole rings is 1. The molecule has 4 heterocycles. The van der Waals surface area contributed by atoms with Crippen molar-refractivity contribution in [2.24, 2.45) is 0 Å². The number of nitrogens with zero attached hydrogens (tertiary/aromatic N) is 2. The third-order valence-electron chi connectivity index (χ3n) is 6.96. The molecule has 1 fully saturated rings. The fourth-order valence-corrected chi connectivity index (χ4v) is 5.29. The molecule has 39 heavy (non-hydrogen) atoms. The summed E-state index contributed by atoms with van der Waals surface area (Å²) in [6.45, 7) is 0.414. The summed E-state index contributed by atoms with van der Waals surface area (Å²) >= 11 is 6.24. The average molecular weight is 548 g/mol. The molecule has 4 aromatic rings. The van der Waals surface area contributed by atoms with Gasteiger partial charge in [0.05, 0.1) is 17.8 Å². The third-order valence-corrected chi connectivity index (χ3v) is 7.20. The Morgan fingerprint density at radius 1 is 1.15 bits per heavy atom. The minimum absolute atomic E-state index is 0.107. The zero-order valence-corrected chi connectivity index (χ0v) is 21.2. The molecule has 0 radical (unpaired) electrons. The van der Waals surface area contributed by atoms with Crippen LogP contribution in [-0.2, 0) is 21.6 Å². The maximum atomic E-state index is 13.9. The van der Waals surface area contributed by atoms with Crippen molar-refractivity contribution in [3.05, 3.63) is 93.1 Å². The van der Waals surface area contributed by atoms with E-state index < -0.39 is 29.4 Å². The van der Waals surface area contributed by atoms with Gasteiger partial charge in [-0.25, -0.2) is 14.6 Å². The normalized spacial score (nSPS) is 18.9. The number of aromatic amines is 1. The summed E-state index contributed by atoms with van der Waals surface area (Å²) in [4.78, 5) is 59.0. The molecule has 3 amide bonds. The SMILES string of the molecule is O=C1Nc2ccc(Cl)cc2C2(CCN(C(=O)[C@H](Cc3ccccc3)NC(=O)c3cnc4[nH]c(=O)oc4c3)C2)O1. The number of anilines is 1. The molecule has 11 nitrogen and oxygen atoms in total. The first-order valence-corrected chi connectivity index (χ1v) is 12.6. The Labute approximate surface area is 226 Å². The van der Waals surface area contributed by atoms with E-state index in [1.807, 2.05) is 30.3 Å². The van der Waals surface area contributed by atoms with Gasteiger partial charge in [-0.1, -0.05) is 41.9 Å². The van der Waals surface area contributed by atoms with E-state index in [2.05, 4.69) is 20.6 Å². The van der Waals surface area contributed by atoms with Crippen LogP contribution in [0.2, 0.25) is 5.02 Å². The maximum absolute atomic E-state index is 13.9. The van der Waals surface area contributed by atoms with Gasteiger partial charge in [0, 0.05) is 36.2 Å².